The molecule has 1 aliphatic rings. The Bertz CT molecular complexity index is 316. The molecule has 2 N–H and O–H groups in total. The van der Waals surface area contributed by atoms with E-state index < -0.39 is 0 Å². The number of nitrogens with two attached hydrogens (primary N) is 1. The maximum Gasteiger partial charge on any atom is 0.0951 e. The first-order valence-corrected chi connectivity index (χ1v) is 5.90. The molecule has 0 radical (unpaired) electrons. The molecule has 84 valence electrons. The van der Waals surface area contributed by atoms with Crippen LogP contribution in [0.15, 0.2) is 12.5 Å². The van der Waals surface area contributed by atoms with Crippen LogP contribution in [0.5, 0.6) is 0 Å². The van der Waals surface area contributed by atoms with Crippen molar-refractivity contribution in [2.24, 2.45) is 5.73 Å². The molecule has 3 heteroatoms. The van der Waals surface area contributed by atoms with Crippen molar-refractivity contribution >= 4 is 0 Å². The molecule has 0 saturated heterocycles. The lowest BCUT2D eigenvalue weighted by molar-refractivity contribution is 0.331. The molecular formula is C12H21N3. The third-order valence-electron chi connectivity index (χ3n) is 3.29. The predicted octanol–water partition coefficient (Wildman–Crippen LogP) is 2.58. The molecule has 3 nitrogen and oxygen atoms in total. The number of hydrogen-bond donors (Lipinski definition) is 1. The lowest BCUT2D eigenvalue weighted by Gasteiger charge is -2.29. The first-order valence-electron chi connectivity index (χ1n) is 5.90. The summed E-state index contributed by atoms with van der Waals surface area (Å²) < 4.78 is 2.29. The zero-order valence-corrected chi connectivity index (χ0v) is 9.74. The Morgan fingerprint density at radius 2 is 2.00 bits per heavy atom. The zero-order chi connectivity index (χ0) is 10.9. The highest BCUT2D eigenvalue weighted by Gasteiger charge is 2.24. The number of rotatable bonds is 2. The Hall–Kier alpha value is -0.830. The van der Waals surface area contributed by atoms with Crippen LogP contribution in [0.1, 0.15) is 57.7 Å². The van der Waals surface area contributed by atoms with Gasteiger partial charge in [0.1, 0.15) is 0 Å². The Kier molecular flexibility index (Phi) is 2.83. The Labute approximate surface area is 91.7 Å². The highest BCUT2D eigenvalue weighted by Crippen LogP contribution is 2.31. The topological polar surface area (TPSA) is 43.8 Å². The third kappa shape index (κ3) is 2.23. The first-order chi connectivity index (χ1) is 7.09. The Morgan fingerprint density at radius 3 is 2.60 bits per heavy atom. The van der Waals surface area contributed by atoms with E-state index in [0.717, 1.165) is 5.69 Å². The molecule has 1 heterocycles. The summed E-state index contributed by atoms with van der Waals surface area (Å²) in [6.07, 6.45) is 10.5. The van der Waals surface area contributed by atoms with E-state index in [0.29, 0.717) is 6.04 Å². The van der Waals surface area contributed by atoms with E-state index in [2.05, 4.69) is 9.55 Å². The summed E-state index contributed by atoms with van der Waals surface area (Å²) in [5, 5.41) is 0. The average Bonchev–Trinajstić information content (AvgIpc) is 2.67. The van der Waals surface area contributed by atoms with Crippen LogP contribution in [0.2, 0.25) is 0 Å². The van der Waals surface area contributed by atoms with E-state index in [-0.39, 0.29) is 5.54 Å². The minimum absolute atomic E-state index is 0.284. The Morgan fingerprint density at radius 1 is 1.33 bits per heavy atom. The summed E-state index contributed by atoms with van der Waals surface area (Å²) in [5.41, 5.74) is 7.03. The molecule has 0 atom stereocenters. The number of imidazole rings is 1. The molecule has 1 aromatic heterocycles. The number of hydrogen-bond acceptors (Lipinski definition) is 2. The molecule has 1 saturated carbocycles. The monoisotopic (exact) mass is 207 g/mol. The van der Waals surface area contributed by atoms with Crippen LogP contribution in [-0.4, -0.2) is 9.55 Å². The van der Waals surface area contributed by atoms with Crippen molar-refractivity contribution in [3.63, 3.8) is 0 Å². The van der Waals surface area contributed by atoms with Crippen molar-refractivity contribution in [1.29, 1.82) is 0 Å². The van der Waals surface area contributed by atoms with Crippen molar-refractivity contribution in [3.8, 4) is 0 Å². The van der Waals surface area contributed by atoms with Gasteiger partial charge in [0.15, 0.2) is 0 Å². The van der Waals surface area contributed by atoms with Crippen LogP contribution < -0.4 is 5.73 Å². The minimum atomic E-state index is -0.284. The van der Waals surface area contributed by atoms with Gasteiger partial charge in [-0.3, -0.25) is 0 Å². The fraction of sp³-hybridized carbons (Fsp3) is 0.750. The number of aromatic nitrogens is 2. The summed E-state index contributed by atoms with van der Waals surface area (Å²) in [4.78, 5) is 4.25. The van der Waals surface area contributed by atoms with Gasteiger partial charge in [0.05, 0.1) is 17.6 Å². The first kappa shape index (κ1) is 10.7. The van der Waals surface area contributed by atoms with Gasteiger partial charge >= 0.3 is 0 Å². The van der Waals surface area contributed by atoms with E-state index in [9.17, 15) is 0 Å². The zero-order valence-electron chi connectivity index (χ0n) is 9.74. The van der Waals surface area contributed by atoms with Gasteiger partial charge in [0.2, 0.25) is 0 Å². The van der Waals surface area contributed by atoms with Gasteiger partial charge in [-0.05, 0) is 26.7 Å². The third-order valence-corrected chi connectivity index (χ3v) is 3.29. The molecule has 1 aliphatic carbocycles. The lowest BCUT2D eigenvalue weighted by atomic mass is 9.94. The van der Waals surface area contributed by atoms with Gasteiger partial charge in [-0.1, -0.05) is 19.3 Å². The minimum Gasteiger partial charge on any atom is -0.330 e. The fourth-order valence-corrected chi connectivity index (χ4v) is 2.45. The highest BCUT2D eigenvalue weighted by molar-refractivity contribution is 5.11. The van der Waals surface area contributed by atoms with Crippen LogP contribution >= 0.6 is 0 Å². The van der Waals surface area contributed by atoms with E-state index in [1.165, 1.54) is 32.1 Å². The van der Waals surface area contributed by atoms with E-state index in [1.54, 1.807) is 0 Å². The highest BCUT2D eigenvalue weighted by atomic mass is 15.1. The molecule has 2 rings (SSSR count). The summed E-state index contributed by atoms with van der Waals surface area (Å²) in [6, 6.07) is 0.624. The Balaban J connectivity index is 2.24. The quantitative estimate of drug-likeness (QED) is 0.810. The van der Waals surface area contributed by atoms with Gasteiger partial charge in [0.25, 0.3) is 0 Å². The fourth-order valence-electron chi connectivity index (χ4n) is 2.45. The summed E-state index contributed by atoms with van der Waals surface area (Å²) >= 11 is 0. The second kappa shape index (κ2) is 3.97. The maximum absolute atomic E-state index is 6.15. The molecule has 15 heavy (non-hydrogen) atoms. The molecule has 0 aliphatic heterocycles. The summed E-state index contributed by atoms with van der Waals surface area (Å²) in [5.74, 6) is 0. The van der Waals surface area contributed by atoms with Crippen molar-refractivity contribution in [2.75, 3.05) is 0 Å². The lowest BCUT2D eigenvalue weighted by Crippen LogP contribution is -2.32. The van der Waals surface area contributed by atoms with E-state index >= 15 is 0 Å². The second-order valence-corrected chi connectivity index (χ2v) is 5.20. The smallest absolute Gasteiger partial charge is 0.0951 e. The maximum atomic E-state index is 6.15. The SMILES string of the molecule is CC(C)(N)c1cncn1C1CCCCC1. The van der Waals surface area contributed by atoms with Gasteiger partial charge in [-0.2, -0.15) is 0 Å². The molecule has 1 aromatic rings. The van der Waals surface area contributed by atoms with Gasteiger partial charge < -0.3 is 10.3 Å². The molecule has 0 amide bonds. The second-order valence-electron chi connectivity index (χ2n) is 5.20. The van der Waals surface area contributed by atoms with E-state index in [1.807, 2.05) is 26.4 Å². The van der Waals surface area contributed by atoms with Crippen LogP contribution in [0.25, 0.3) is 0 Å². The molecule has 0 aromatic carbocycles. The summed E-state index contributed by atoms with van der Waals surface area (Å²) in [6.45, 7) is 4.09. The van der Waals surface area contributed by atoms with Crippen molar-refractivity contribution in [3.05, 3.63) is 18.2 Å². The molecule has 0 unspecified atom stereocenters. The van der Waals surface area contributed by atoms with Crippen molar-refractivity contribution in [1.82, 2.24) is 9.55 Å². The average molecular weight is 207 g/mol. The van der Waals surface area contributed by atoms with Crippen LogP contribution in [0, 0.1) is 0 Å². The largest absolute Gasteiger partial charge is 0.330 e. The van der Waals surface area contributed by atoms with Crippen molar-refractivity contribution < 1.29 is 0 Å². The molecule has 0 bridgehead atoms. The van der Waals surface area contributed by atoms with Gasteiger partial charge in [0, 0.05) is 12.2 Å². The normalized spacial score (nSPS) is 19.4. The predicted molar refractivity (Wildman–Crippen MR) is 61.6 cm³/mol. The van der Waals surface area contributed by atoms with Gasteiger partial charge in [-0.25, -0.2) is 4.98 Å². The molecule has 0 spiro atoms. The molecular weight excluding hydrogens is 186 g/mol. The summed E-state index contributed by atoms with van der Waals surface area (Å²) in [7, 11) is 0. The standard InChI is InChI=1S/C12H21N3/c1-12(2,13)11-8-14-9-15(11)10-6-4-3-5-7-10/h8-10H,3-7,13H2,1-2H3. The van der Waals surface area contributed by atoms with E-state index in [4.69, 9.17) is 5.73 Å². The van der Waals surface area contributed by atoms with Crippen LogP contribution in [0.4, 0.5) is 0 Å². The van der Waals surface area contributed by atoms with Gasteiger partial charge in [-0.15, -0.1) is 0 Å². The van der Waals surface area contributed by atoms with Crippen LogP contribution in [-0.2, 0) is 5.54 Å². The van der Waals surface area contributed by atoms with Crippen molar-refractivity contribution in [2.45, 2.75) is 57.5 Å². The number of nitrogens with zero attached hydrogens (tertiary/aromatic N) is 2. The van der Waals surface area contributed by atoms with Crippen LogP contribution in [0.3, 0.4) is 0 Å². The molecule has 1 fully saturated rings.